The highest BCUT2D eigenvalue weighted by molar-refractivity contribution is 7.15. The lowest BCUT2D eigenvalue weighted by Crippen LogP contribution is -2.15. The van der Waals surface area contributed by atoms with Crippen molar-refractivity contribution in [1.29, 1.82) is 0 Å². The molecule has 2 heterocycles. The molecule has 0 saturated heterocycles. The number of amides is 1. The van der Waals surface area contributed by atoms with Crippen molar-refractivity contribution in [3.8, 4) is 0 Å². The van der Waals surface area contributed by atoms with Crippen LogP contribution in [0.4, 0.5) is 5.13 Å². The summed E-state index contributed by atoms with van der Waals surface area (Å²) in [5, 5.41) is 16.8. The Kier molecular flexibility index (Phi) is 5.23. The molecule has 0 bridgehead atoms. The molecule has 3 rings (SSSR count). The van der Waals surface area contributed by atoms with Crippen LogP contribution in [0.3, 0.4) is 0 Å². The maximum absolute atomic E-state index is 12.6. The van der Waals surface area contributed by atoms with Crippen molar-refractivity contribution in [2.45, 2.75) is 39.7 Å². The van der Waals surface area contributed by atoms with Gasteiger partial charge in [0.05, 0.1) is 24.0 Å². The third-order valence-corrected chi connectivity index (χ3v) is 5.00. The van der Waals surface area contributed by atoms with E-state index in [0.717, 1.165) is 22.7 Å². The van der Waals surface area contributed by atoms with Crippen molar-refractivity contribution < 1.29 is 4.79 Å². The normalized spacial score (nSPS) is 11.0. The van der Waals surface area contributed by atoms with Crippen LogP contribution < -0.4 is 5.32 Å². The molecule has 130 valence electrons. The Morgan fingerprint density at radius 2 is 2.00 bits per heavy atom. The molecule has 0 aliphatic rings. The number of anilines is 1. The fraction of sp³-hybridized carbons (Fsp3) is 0.333. The lowest BCUT2D eigenvalue weighted by Gasteiger charge is -2.08. The highest BCUT2D eigenvalue weighted by Crippen LogP contribution is 2.23. The molecule has 6 nitrogen and oxygen atoms in total. The van der Waals surface area contributed by atoms with Gasteiger partial charge in [0.25, 0.3) is 5.91 Å². The molecule has 0 spiro atoms. The summed E-state index contributed by atoms with van der Waals surface area (Å²) in [7, 11) is 0. The molecule has 0 saturated carbocycles. The van der Waals surface area contributed by atoms with Gasteiger partial charge in [-0.3, -0.25) is 14.8 Å². The van der Waals surface area contributed by atoms with Gasteiger partial charge in [0.1, 0.15) is 5.01 Å². The summed E-state index contributed by atoms with van der Waals surface area (Å²) < 4.78 is 1.88. The van der Waals surface area contributed by atoms with E-state index in [9.17, 15) is 4.79 Å². The van der Waals surface area contributed by atoms with Crippen LogP contribution in [0.5, 0.6) is 0 Å². The van der Waals surface area contributed by atoms with Gasteiger partial charge in [0.15, 0.2) is 0 Å². The van der Waals surface area contributed by atoms with Crippen LogP contribution in [0.15, 0.2) is 36.5 Å². The first kappa shape index (κ1) is 17.3. The Bertz CT molecular complexity index is 853. The van der Waals surface area contributed by atoms with Crippen LogP contribution >= 0.6 is 11.3 Å². The van der Waals surface area contributed by atoms with E-state index in [4.69, 9.17) is 0 Å². The lowest BCUT2D eigenvalue weighted by molar-refractivity contribution is 0.102. The minimum atomic E-state index is -0.192. The fourth-order valence-electron chi connectivity index (χ4n) is 2.55. The van der Waals surface area contributed by atoms with Crippen molar-refractivity contribution in [2.24, 2.45) is 0 Å². The summed E-state index contributed by atoms with van der Waals surface area (Å²) in [6.07, 6.45) is 2.35. The zero-order chi connectivity index (χ0) is 17.8. The monoisotopic (exact) mass is 355 g/mol. The lowest BCUT2D eigenvalue weighted by atomic mass is 10.2. The van der Waals surface area contributed by atoms with Gasteiger partial charge in [-0.05, 0) is 12.0 Å². The summed E-state index contributed by atoms with van der Waals surface area (Å²) in [6.45, 7) is 6.77. The molecule has 2 aromatic heterocycles. The maximum Gasteiger partial charge on any atom is 0.260 e. The smallest absolute Gasteiger partial charge is 0.260 e. The van der Waals surface area contributed by atoms with Gasteiger partial charge < -0.3 is 0 Å². The fourth-order valence-corrected chi connectivity index (χ4v) is 3.29. The van der Waals surface area contributed by atoms with Crippen molar-refractivity contribution in [2.75, 3.05) is 5.32 Å². The van der Waals surface area contributed by atoms with E-state index in [1.807, 2.05) is 29.8 Å². The number of hydrogen-bond donors (Lipinski definition) is 1. The molecule has 0 aliphatic heterocycles. The summed E-state index contributed by atoms with van der Waals surface area (Å²) in [4.78, 5) is 12.6. The highest BCUT2D eigenvalue weighted by atomic mass is 32.1. The average Bonchev–Trinajstić information content (AvgIpc) is 3.22. The topological polar surface area (TPSA) is 72.7 Å². The van der Waals surface area contributed by atoms with Gasteiger partial charge in [-0.2, -0.15) is 5.10 Å². The van der Waals surface area contributed by atoms with Crippen molar-refractivity contribution in [3.05, 3.63) is 58.4 Å². The standard InChI is InChI=1S/C18H21N5OS/c1-4-15-14(10-19-23(15)11-13-8-6-5-7-9-13)16(24)20-18-22-21-17(25-18)12(2)3/h5-10,12H,4,11H2,1-3H3,(H,20,22,24). The highest BCUT2D eigenvalue weighted by Gasteiger charge is 2.18. The largest absolute Gasteiger partial charge is 0.296 e. The molecule has 0 aliphatic carbocycles. The molecular formula is C18H21N5OS. The second-order valence-corrected chi connectivity index (χ2v) is 7.07. The number of nitrogens with one attached hydrogen (secondary N) is 1. The molecule has 1 aromatic carbocycles. The Hall–Kier alpha value is -2.54. The summed E-state index contributed by atoms with van der Waals surface area (Å²) in [6, 6.07) is 10.1. The van der Waals surface area contributed by atoms with Gasteiger partial charge in [0.2, 0.25) is 5.13 Å². The van der Waals surface area contributed by atoms with Gasteiger partial charge in [0, 0.05) is 5.92 Å². The van der Waals surface area contributed by atoms with E-state index in [-0.39, 0.29) is 5.91 Å². The molecule has 25 heavy (non-hydrogen) atoms. The quantitative estimate of drug-likeness (QED) is 0.731. The number of carbonyl (C=O) groups excluding carboxylic acids is 1. The van der Waals surface area contributed by atoms with Crippen LogP contribution in [-0.2, 0) is 13.0 Å². The third kappa shape index (κ3) is 3.93. The van der Waals surface area contributed by atoms with E-state index in [0.29, 0.717) is 23.2 Å². The number of aromatic nitrogens is 4. The first-order valence-electron chi connectivity index (χ1n) is 8.31. The second kappa shape index (κ2) is 7.57. The molecule has 0 unspecified atom stereocenters. The second-order valence-electron chi connectivity index (χ2n) is 6.06. The molecule has 0 radical (unpaired) electrons. The first-order valence-corrected chi connectivity index (χ1v) is 9.13. The molecule has 1 N–H and O–H groups in total. The molecule has 3 aromatic rings. The van der Waals surface area contributed by atoms with Crippen LogP contribution in [0.1, 0.15) is 53.3 Å². The predicted octanol–water partition coefficient (Wildman–Crippen LogP) is 3.72. The summed E-state index contributed by atoms with van der Waals surface area (Å²) in [5.41, 5.74) is 2.65. The van der Waals surface area contributed by atoms with Gasteiger partial charge in [-0.25, -0.2) is 0 Å². The number of nitrogens with zero attached hydrogens (tertiary/aromatic N) is 4. The molecule has 7 heteroatoms. The maximum atomic E-state index is 12.6. The minimum Gasteiger partial charge on any atom is -0.296 e. The zero-order valence-corrected chi connectivity index (χ0v) is 15.4. The number of carbonyl (C=O) groups is 1. The van der Waals surface area contributed by atoms with Crippen LogP contribution in [-0.4, -0.2) is 25.9 Å². The molecular weight excluding hydrogens is 334 g/mol. The Morgan fingerprint density at radius 1 is 1.24 bits per heavy atom. The van der Waals surface area contributed by atoms with Gasteiger partial charge in [-0.1, -0.05) is 62.4 Å². The van der Waals surface area contributed by atoms with Crippen LogP contribution in [0.2, 0.25) is 0 Å². The number of rotatable bonds is 6. The molecule has 1 amide bonds. The minimum absolute atomic E-state index is 0.192. The van der Waals surface area contributed by atoms with Crippen molar-refractivity contribution in [1.82, 2.24) is 20.0 Å². The van der Waals surface area contributed by atoms with Crippen LogP contribution in [0, 0.1) is 0 Å². The Morgan fingerprint density at radius 3 is 2.64 bits per heavy atom. The van der Waals surface area contributed by atoms with E-state index in [1.165, 1.54) is 11.3 Å². The van der Waals surface area contributed by atoms with E-state index in [2.05, 4.69) is 46.6 Å². The summed E-state index contributed by atoms with van der Waals surface area (Å²) in [5.74, 6) is 0.102. The SMILES string of the molecule is CCc1c(C(=O)Nc2nnc(C(C)C)s2)cnn1Cc1ccccc1. The first-order chi connectivity index (χ1) is 12.1. The van der Waals surface area contributed by atoms with Crippen molar-refractivity contribution in [3.63, 3.8) is 0 Å². The third-order valence-electron chi connectivity index (χ3n) is 3.86. The number of hydrogen-bond acceptors (Lipinski definition) is 5. The average molecular weight is 355 g/mol. The Labute approximate surface area is 150 Å². The molecule has 0 atom stereocenters. The van der Waals surface area contributed by atoms with Crippen molar-refractivity contribution >= 4 is 22.4 Å². The van der Waals surface area contributed by atoms with E-state index >= 15 is 0 Å². The zero-order valence-electron chi connectivity index (χ0n) is 14.6. The summed E-state index contributed by atoms with van der Waals surface area (Å²) >= 11 is 1.41. The van der Waals surface area contributed by atoms with E-state index < -0.39 is 0 Å². The number of benzene rings is 1. The van der Waals surface area contributed by atoms with E-state index in [1.54, 1.807) is 6.20 Å². The molecule has 0 fully saturated rings. The van der Waals surface area contributed by atoms with Gasteiger partial charge in [-0.15, -0.1) is 10.2 Å². The van der Waals surface area contributed by atoms with Crippen LogP contribution in [0.25, 0.3) is 0 Å². The Balaban J connectivity index is 1.78. The van der Waals surface area contributed by atoms with Gasteiger partial charge >= 0.3 is 0 Å². The predicted molar refractivity (Wildman–Crippen MR) is 99.1 cm³/mol.